The molecular formula is C14H11NO3. The van der Waals surface area contributed by atoms with Gasteiger partial charge < -0.3 is 14.8 Å². The van der Waals surface area contributed by atoms with Crippen molar-refractivity contribution in [3.63, 3.8) is 0 Å². The molecule has 1 aliphatic heterocycles. The number of fused-ring (bicyclic) bond motifs is 1. The van der Waals surface area contributed by atoms with Gasteiger partial charge in [0.1, 0.15) is 0 Å². The van der Waals surface area contributed by atoms with E-state index >= 15 is 0 Å². The predicted molar refractivity (Wildman–Crippen MR) is 66.6 cm³/mol. The van der Waals surface area contributed by atoms with Crippen LogP contribution in [0.4, 0.5) is 5.69 Å². The molecule has 4 heteroatoms. The summed E-state index contributed by atoms with van der Waals surface area (Å²) in [5.41, 5.74) is 0.714. The van der Waals surface area contributed by atoms with E-state index in [-0.39, 0.29) is 5.91 Å². The fraction of sp³-hybridized carbons (Fsp3) is 0.0714. The first-order valence-corrected chi connectivity index (χ1v) is 5.61. The fourth-order valence-electron chi connectivity index (χ4n) is 1.73. The molecule has 0 unspecified atom stereocenters. The molecule has 0 spiro atoms. The first-order chi connectivity index (χ1) is 8.83. The Hall–Kier alpha value is -2.49. The van der Waals surface area contributed by atoms with Gasteiger partial charge in [0.25, 0.3) is 0 Å². The lowest BCUT2D eigenvalue weighted by atomic mass is 10.3. The van der Waals surface area contributed by atoms with E-state index in [2.05, 4.69) is 5.32 Å². The van der Waals surface area contributed by atoms with Gasteiger partial charge in [-0.3, -0.25) is 4.79 Å². The van der Waals surface area contributed by atoms with Crippen LogP contribution >= 0.6 is 0 Å². The van der Waals surface area contributed by atoms with Crippen molar-refractivity contribution >= 4 is 11.6 Å². The minimum absolute atomic E-state index is 0.322. The lowest BCUT2D eigenvalue weighted by Crippen LogP contribution is -2.34. The van der Waals surface area contributed by atoms with Crippen LogP contribution < -0.4 is 14.8 Å². The van der Waals surface area contributed by atoms with Gasteiger partial charge in [-0.1, -0.05) is 30.3 Å². The van der Waals surface area contributed by atoms with Crippen molar-refractivity contribution in [1.29, 1.82) is 0 Å². The maximum Gasteiger partial charge on any atom is 0.322 e. The van der Waals surface area contributed by atoms with Gasteiger partial charge >= 0.3 is 12.2 Å². The second kappa shape index (κ2) is 4.41. The van der Waals surface area contributed by atoms with Gasteiger partial charge in [-0.15, -0.1) is 0 Å². The number of amides is 1. The van der Waals surface area contributed by atoms with Crippen molar-refractivity contribution in [2.24, 2.45) is 0 Å². The van der Waals surface area contributed by atoms with Gasteiger partial charge in [-0.25, -0.2) is 0 Å². The van der Waals surface area contributed by atoms with Crippen molar-refractivity contribution in [2.75, 3.05) is 5.32 Å². The van der Waals surface area contributed by atoms with Crippen LogP contribution in [0.3, 0.4) is 0 Å². The summed E-state index contributed by atoms with van der Waals surface area (Å²) in [6.45, 7) is 0. The van der Waals surface area contributed by atoms with E-state index in [0.29, 0.717) is 17.2 Å². The third kappa shape index (κ3) is 2.00. The molecule has 1 aliphatic rings. The second-order valence-corrected chi connectivity index (χ2v) is 3.87. The van der Waals surface area contributed by atoms with Crippen molar-refractivity contribution in [2.45, 2.75) is 6.29 Å². The van der Waals surface area contributed by atoms with E-state index in [1.807, 2.05) is 30.3 Å². The zero-order valence-corrected chi connectivity index (χ0v) is 9.50. The highest BCUT2D eigenvalue weighted by molar-refractivity contribution is 5.94. The number of para-hydroxylation sites is 3. The highest BCUT2D eigenvalue weighted by atomic mass is 16.7. The van der Waals surface area contributed by atoms with Crippen LogP contribution in [-0.4, -0.2) is 12.2 Å². The fourth-order valence-corrected chi connectivity index (χ4v) is 1.73. The molecule has 18 heavy (non-hydrogen) atoms. The molecule has 3 rings (SSSR count). The first-order valence-electron chi connectivity index (χ1n) is 5.61. The van der Waals surface area contributed by atoms with Crippen LogP contribution in [0.15, 0.2) is 54.6 Å². The van der Waals surface area contributed by atoms with Crippen molar-refractivity contribution in [3.05, 3.63) is 54.6 Å². The summed E-state index contributed by atoms with van der Waals surface area (Å²) >= 11 is 0. The van der Waals surface area contributed by atoms with E-state index in [4.69, 9.17) is 9.47 Å². The van der Waals surface area contributed by atoms with Gasteiger partial charge in [0.2, 0.25) is 0 Å². The van der Waals surface area contributed by atoms with E-state index in [1.54, 1.807) is 24.3 Å². The molecule has 0 aromatic heterocycles. The normalized spacial score (nSPS) is 13.3. The monoisotopic (exact) mass is 241 g/mol. The number of carbonyl (C=O) groups is 1. The molecule has 1 N–H and O–H groups in total. The quantitative estimate of drug-likeness (QED) is 0.878. The van der Waals surface area contributed by atoms with E-state index in [1.165, 1.54) is 0 Å². The van der Waals surface area contributed by atoms with Gasteiger partial charge in [0, 0.05) is 5.69 Å². The lowest BCUT2D eigenvalue weighted by molar-refractivity contribution is -0.131. The van der Waals surface area contributed by atoms with Crippen LogP contribution in [0.2, 0.25) is 0 Å². The molecule has 90 valence electrons. The van der Waals surface area contributed by atoms with Crippen LogP contribution in [0.1, 0.15) is 0 Å². The highest BCUT2D eigenvalue weighted by Crippen LogP contribution is 2.34. The number of carbonyl (C=O) groups excluding carboxylic acids is 1. The molecule has 4 nitrogen and oxygen atoms in total. The van der Waals surface area contributed by atoms with Crippen LogP contribution in [0, 0.1) is 0 Å². The Kier molecular flexibility index (Phi) is 2.61. The Morgan fingerprint density at radius 2 is 1.44 bits per heavy atom. The van der Waals surface area contributed by atoms with E-state index in [0.717, 1.165) is 0 Å². The lowest BCUT2D eigenvalue weighted by Gasteiger charge is -2.10. The smallest absolute Gasteiger partial charge is 0.322 e. The van der Waals surface area contributed by atoms with Gasteiger partial charge in [0.05, 0.1) is 0 Å². The molecular weight excluding hydrogens is 230 g/mol. The average molecular weight is 241 g/mol. The number of hydrogen-bond acceptors (Lipinski definition) is 3. The summed E-state index contributed by atoms with van der Waals surface area (Å²) in [6, 6.07) is 16.4. The predicted octanol–water partition coefficient (Wildman–Crippen LogP) is 2.42. The number of rotatable bonds is 2. The number of benzene rings is 2. The Labute approximate surface area is 104 Å². The van der Waals surface area contributed by atoms with Gasteiger partial charge in [-0.05, 0) is 24.3 Å². The first kappa shape index (κ1) is 10.7. The third-order valence-electron chi connectivity index (χ3n) is 2.57. The van der Waals surface area contributed by atoms with Crippen molar-refractivity contribution < 1.29 is 14.3 Å². The summed E-state index contributed by atoms with van der Waals surface area (Å²) in [7, 11) is 0. The summed E-state index contributed by atoms with van der Waals surface area (Å²) in [4.78, 5) is 11.9. The molecule has 1 heterocycles. The van der Waals surface area contributed by atoms with Crippen LogP contribution in [0.5, 0.6) is 11.5 Å². The second-order valence-electron chi connectivity index (χ2n) is 3.87. The SMILES string of the molecule is O=C(Nc1ccccc1)C1Oc2ccccc2O1. The number of hydrogen-bond donors (Lipinski definition) is 1. The summed E-state index contributed by atoms with van der Waals surface area (Å²) in [5.74, 6) is 0.855. The number of nitrogens with one attached hydrogen (secondary N) is 1. The molecule has 0 saturated heterocycles. The number of anilines is 1. The molecule has 0 bridgehead atoms. The maximum atomic E-state index is 11.9. The van der Waals surface area contributed by atoms with E-state index < -0.39 is 6.29 Å². The topological polar surface area (TPSA) is 47.6 Å². The Morgan fingerprint density at radius 3 is 2.06 bits per heavy atom. The Balaban J connectivity index is 1.70. The van der Waals surface area contributed by atoms with Gasteiger partial charge in [0.15, 0.2) is 11.5 Å². The standard InChI is InChI=1S/C14H11NO3/c16-13(15-10-6-2-1-3-7-10)14-17-11-8-4-5-9-12(11)18-14/h1-9,14H,(H,15,16). The van der Waals surface area contributed by atoms with E-state index in [9.17, 15) is 4.79 Å². The van der Waals surface area contributed by atoms with Crippen LogP contribution in [0.25, 0.3) is 0 Å². The Morgan fingerprint density at radius 1 is 0.889 bits per heavy atom. The molecule has 2 aromatic carbocycles. The summed E-state index contributed by atoms with van der Waals surface area (Å²) in [6.07, 6.45) is -0.928. The number of ether oxygens (including phenoxy) is 2. The molecule has 0 radical (unpaired) electrons. The third-order valence-corrected chi connectivity index (χ3v) is 2.57. The van der Waals surface area contributed by atoms with Crippen molar-refractivity contribution in [1.82, 2.24) is 0 Å². The zero-order valence-electron chi connectivity index (χ0n) is 9.50. The molecule has 0 atom stereocenters. The molecule has 2 aromatic rings. The van der Waals surface area contributed by atoms with Crippen LogP contribution in [-0.2, 0) is 4.79 Å². The minimum Gasteiger partial charge on any atom is -0.442 e. The minimum atomic E-state index is -0.928. The highest BCUT2D eigenvalue weighted by Gasteiger charge is 2.30. The average Bonchev–Trinajstić information content (AvgIpc) is 2.84. The zero-order chi connectivity index (χ0) is 12.4. The molecule has 1 amide bonds. The molecule has 0 fully saturated rings. The summed E-state index contributed by atoms with van der Waals surface area (Å²) < 4.78 is 10.8. The Bertz CT molecular complexity index is 543. The molecule has 0 saturated carbocycles. The summed E-state index contributed by atoms with van der Waals surface area (Å²) in [5, 5.41) is 2.73. The van der Waals surface area contributed by atoms with Gasteiger partial charge in [-0.2, -0.15) is 0 Å². The maximum absolute atomic E-state index is 11.9. The largest absolute Gasteiger partial charge is 0.442 e. The molecule has 0 aliphatic carbocycles. The van der Waals surface area contributed by atoms with Crippen molar-refractivity contribution in [3.8, 4) is 11.5 Å².